The normalized spacial score (nSPS) is 16.0. The molecule has 1 aromatic heterocycles. The molecule has 0 fully saturated rings. The highest BCUT2D eigenvalue weighted by molar-refractivity contribution is 7.89. The van der Waals surface area contributed by atoms with Gasteiger partial charge in [-0.3, -0.25) is 10.2 Å². The number of fused-ring (bicyclic) bond motifs is 2. The molecule has 0 bridgehead atoms. The van der Waals surface area contributed by atoms with Crippen molar-refractivity contribution in [2.75, 3.05) is 13.2 Å². The zero-order valence-electron chi connectivity index (χ0n) is 13.9. The molecule has 9 heteroatoms. The van der Waals surface area contributed by atoms with Crippen LogP contribution in [-0.2, 0) is 22.9 Å². The number of benzene rings is 1. The van der Waals surface area contributed by atoms with E-state index in [9.17, 15) is 13.2 Å². The van der Waals surface area contributed by atoms with Gasteiger partial charge in [-0.1, -0.05) is 0 Å². The minimum absolute atomic E-state index is 0.00692. The number of amides is 1. The second-order valence-electron chi connectivity index (χ2n) is 6.13. The molecular weight excluding hydrogens is 376 g/mol. The number of aryl methyl sites for hydroxylation is 2. The summed E-state index contributed by atoms with van der Waals surface area (Å²) >= 11 is 1.43. The van der Waals surface area contributed by atoms with Crippen molar-refractivity contribution in [3.8, 4) is 11.5 Å². The molecule has 0 saturated heterocycles. The second-order valence-corrected chi connectivity index (χ2v) is 8.95. The summed E-state index contributed by atoms with van der Waals surface area (Å²) in [6.45, 7) is 0.794. The fourth-order valence-electron chi connectivity index (χ4n) is 3.03. The fourth-order valence-corrected chi connectivity index (χ4v) is 5.03. The average Bonchev–Trinajstić information content (AvgIpc) is 3.10. The predicted molar refractivity (Wildman–Crippen MR) is 96.2 cm³/mol. The number of carbonyl (C=O) groups excluding carboxylic acids is 1. The number of carbonyl (C=O) groups is 1. The SMILES string of the molecule is O=C(NNS(=O)(=O)c1ccc2c(c1)OCCO2)c1cc2c(s1)CCCC2. The van der Waals surface area contributed by atoms with Gasteiger partial charge in [0.05, 0.1) is 9.77 Å². The van der Waals surface area contributed by atoms with E-state index in [1.165, 1.54) is 40.0 Å². The van der Waals surface area contributed by atoms with Gasteiger partial charge in [0.25, 0.3) is 15.9 Å². The second kappa shape index (κ2) is 6.90. The molecule has 7 nitrogen and oxygen atoms in total. The lowest BCUT2D eigenvalue weighted by Gasteiger charge is -2.18. The highest BCUT2D eigenvalue weighted by Crippen LogP contribution is 2.32. The Balaban J connectivity index is 1.46. The van der Waals surface area contributed by atoms with Gasteiger partial charge < -0.3 is 9.47 Å². The van der Waals surface area contributed by atoms with Crippen LogP contribution in [0.5, 0.6) is 11.5 Å². The lowest BCUT2D eigenvalue weighted by Crippen LogP contribution is -2.41. The quantitative estimate of drug-likeness (QED) is 0.774. The van der Waals surface area contributed by atoms with Gasteiger partial charge in [-0.15, -0.1) is 16.2 Å². The monoisotopic (exact) mass is 394 g/mol. The van der Waals surface area contributed by atoms with Gasteiger partial charge in [0, 0.05) is 10.9 Å². The first-order valence-corrected chi connectivity index (χ1v) is 10.7. The highest BCUT2D eigenvalue weighted by Gasteiger charge is 2.22. The van der Waals surface area contributed by atoms with Gasteiger partial charge >= 0.3 is 0 Å². The summed E-state index contributed by atoms with van der Waals surface area (Å²) < 4.78 is 35.6. The minimum atomic E-state index is -3.91. The Hall–Kier alpha value is -2.10. The minimum Gasteiger partial charge on any atom is -0.486 e. The molecule has 2 heterocycles. The van der Waals surface area contributed by atoms with Gasteiger partial charge in [0.2, 0.25) is 0 Å². The van der Waals surface area contributed by atoms with E-state index >= 15 is 0 Å². The van der Waals surface area contributed by atoms with Crippen molar-refractivity contribution in [1.82, 2.24) is 10.3 Å². The maximum Gasteiger partial charge on any atom is 0.276 e. The molecule has 4 rings (SSSR count). The first-order chi connectivity index (χ1) is 12.5. The average molecular weight is 394 g/mol. The molecule has 0 radical (unpaired) electrons. The van der Waals surface area contributed by atoms with Crippen LogP contribution < -0.4 is 19.7 Å². The maximum atomic E-state index is 12.4. The molecule has 2 N–H and O–H groups in total. The summed E-state index contributed by atoms with van der Waals surface area (Å²) in [6, 6.07) is 6.18. The standard InChI is InChI=1S/C17H18N2O5S2/c20-17(16-9-11-3-1-2-4-15(11)25-16)18-19-26(21,22)12-5-6-13-14(10-12)24-8-7-23-13/h5-6,9-10,19H,1-4,7-8H2,(H,18,20). The summed E-state index contributed by atoms with van der Waals surface area (Å²) in [6.07, 6.45) is 4.21. The molecule has 2 aliphatic rings. The van der Waals surface area contributed by atoms with Crippen molar-refractivity contribution in [3.05, 3.63) is 39.6 Å². The molecule has 1 aromatic carbocycles. The van der Waals surface area contributed by atoms with E-state index in [0.717, 1.165) is 25.7 Å². The molecule has 138 valence electrons. The number of rotatable bonds is 4. The van der Waals surface area contributed by atoms with Crippen molar-refractivity contribution in [2.24, 2.45) is 0 Å². The molecular formula is C17H18N2O5S2. The lowest BCUT2D eigenvalue weighted by molar-refractivity contribution is 0.0949. The number of nitrogens with one attached hydrogen (secondary N) is 2. The largest absolute Gasteiger partial charge is 0.486 e. The van der Waals surface area contributed by atoms with Crippen molar-refractivity contribution >= 4 is 27.3 Å². The van der Waals surface area contributed by atoms with E-state index in [4.69, 9.17) is 9.47 Å². The molecule has 0 saturated carbocycles. The molecule has 0 spiro atoms. The van der Waals surface area contributed by atoms with Gasteiger partial charge in [0.1, 0.15) is 13.2 Å². The summed E-state index contributed by atoms with van der Waals surface area (Å²) in [4.78, 5) is 16.2. The van der Waals surface area contributed by atoms with Crippen LogP contribution in [0.4, 0.5) is 0 Å². The molecule has 26 heavy (non-hydrogen) atoms. The van der Waals surface area contributed by atoms with E-state index < -0.39 is 15.9 Å². The zero-order chi connectivity index (χ0) is 18.1. The van der Waals surface area contributed by atoms with E-state index in [0.29, 0.717) is 29.6 Å². The first kappa shape index (κ1) is 17.3. The van der Waals surface area contributed by atoms with Crippen LogP contribution >= 0.6 is 11.3 Å². The summed E-state index contributed by atoms with van der Waals surface area (Å²) in [5.74, 6) is 0.422. The Bertz CT molecular complexity index is 929. The van der Waals surface area contributed by atoms with E-state index in [1.54, 1.807) is 0 Å². The maximum absolute atomic E-state index is 12.4. The Morgan fingerprint density at radius 2 is 1.81 bits per heavy atom. The topological polar surface area (TPSA) is 93.7 Å². The summed E-state index contributed by atoms with van der Waals surface area (Å²) in [5.41, 5.74) is 3.48. The van der Waals surface area contributed by atoms with Crippen LogP contribution in [0.15, 0.2) is 29.2 Å². The van der Waals surface area contributed by atoms with Crippen LogP contribution in [0, 0.1) is 0 Å². The van der Waals surface area contributed by atoms with Gasteiger partial charge in [-0.2, -0.15) is 0 Å². The van der Waals surface area contributed by atoms with Gasteiger partial charge in [0.15, 0.2) is 11.5 Å². The third-order valence-corrected chi connectivity index (χ3v) is 6.82. The van der Waals surface area contributed by atoms with Crippen molar-refractivity contribution in [1.29, 1.82) is 0 Å². The third kappa shape index (κ3) is 3.42. The highest BCUT2D eigenvalue weighted by atomic mass is 32.2. The van der Waals surface area contributed by atoms with E-state index in [-0.39, 0.29) is 4.90 Å². The van der Waals surface area contributed by atoms with Crippen molar-refractivity contribution in [2.45, 2.75) is 30.6 Å². The molecule has 1 aliphatic heterocycles. The molecule has 1 aliphatic carbocycles. The molecule has 0 unspecified atom stereocenters. The van der Waals surface area contributed by atoms with Gasteiger partial charge in [-0.25, -0.2) is 8.42 Å². The van der Waals surface area contributed by atoms with Crippen molar-refractivity contribution in [3.63, 3.8) is 0 Å². The Kier molecular flexibility index (Phi) is 4.60. The van der Waals surface area contributed by atoms with Crippen LogP contribution in [0.25, 0.3) is 0 Å². The van der Waals surface area contributed by atoms with Crippen LogP contribution in [0.3, 0.4) is 0 Å². The Labute approximate surface area is 155 Å². The number of thiophene rings is 1. The molecule has 0 atom stereocenters. The first-order valence-electron chi connectivity index (χ1n) is 8.36. The lowest BCUT2D eigenvalue weighted by atomic mass is 9.99. The van der Waals surface area contributed by atoms with Crippen molar-refractivity contribution < 1.29 is 22.7 Å². The Morgan fingerprint density at radius 3 is 2.62 bits per heavy atom. The van der Waals surface area contributed by atoms with Gasteiger partial charge in [-0.05, 0) is 49.4 Å². The molecule has 2 aromatic rings. The molecule has 1 amide bonds. The van der Waals surface area contributed by atoms with E-state index in [1.807, 2.05) is 6.07 Å². The predicted octanol–water partition coefficient (Wildman–Crippen LogP) is 2.02. The number of hydrogen-bond donors (Lipinski definition) is 2. The number of hydrogen-bond acceptors (Lipinski definition) is 6. The summed E-state index contributed by atoms with van der Waals surface area (Å²) in [7, 11) is -3.91. The van der Waals surface area contributed by atoms with E-state index in [2.05, 4.69) is 10.3 Å². The zero-order valence-corrected chi connectivity index (χ0v) is 15.5. The number of sulfonamides is 1. The van der Waals surface area contributed by atoms with Crippen LogP contribution in [-0.4, -0.2) is 27.5 Å². The number of hydrazine groups is 1. The smallest absolute Gasteiger partial charge is 0.276 e. The number of ether oxygens (including phenoxy) is 2. The summed E-state index contributed by atoms with van der Waals surface area (Å²) in [5, 5.41) is 0. The third-order valence-electron chi connectivity index (χ3n) is 4.34. The van der Waals surface area contributed by atoms with Crippen LogP contribution in [0.1, 0.15) is 33.0 Å². The van der Waals surface area contributed by atoms with Crippen LogP contribution in [0.2, 0.25) is 0 Å². The fraction of sp³-hybridized carbons (Fsp3) is 0.353. The Morgan fingerprint density at radius 1 is 1.04 bits per heavy atom.